The van der Waals surface area contributed by atoms with Gasteiger partial charge in [0.25, 0.3) is 5.91 Å². The highest BCUT2D eigenvalue weighted by Gasteiger charge is 2.06. The van der Waals surface area contributed by atoms with Gasteiger partial charge in [0, 0.05) is 24.8 Å². The number of nitrogens with two attached hydrogens (primary N) is 1. The Kier molecular flexibility index (Phi) is 6.85. The zero-order chi connectivity index (χ0) is 14.4. The first-order valence-corrected chi connectivity index (χ1v) is 6.68. The standard InChI is InChI=1S/C16H19N3O.ClH/c1-12-4-2-3-5-13(12)6-9-19-16(20)14-7-8-18-15(10-14)11-17;/h2-5,7-8,10H,6,9,11,17H2,1H3,(H,19,20);1H. The van der Waals surface area contributed by atoms with E-state index in [2.05, 4.69) is 29.4 Å². The van der Waals surface area contributed by atoms with Crippen molar-refractivity contribution >= 4 is 18.3 Å². The Bertz CT molecular complexity index is 602. The number of rotatable bonds is 5. The summed E-state index contributed by atoms with van der Waals surface area (Å²) >= 11 is 0. The van der Waals surface area contributed by atoms with Gasteiger partial charge in [-0.1, -0.05) is 24.3 Å². The number of aromatic nitrogens is 1. The fourth-order valence-electron chi connectivity index (χ4n) is 2.03. The third kappa shape index (κ3) is 4.85. The predicted molar refractivity (Wildman–Crippen MR) is 86.6 cm³/mol. The summed E-state index contributed by atoms with van der Waals surface area (Å²) in [6.07, 6.45) is 2.44. The molecule has 0 atom stereocenters. The van der Waals surface area contributed by atoms with Crippen LogP contribution in [0.4, 0.5) is 0 Å². The lowest BCUT2D eigenvalue weighted by atomic mass is 10.1. The Morgan fingerprint density at radius 2 is 2.05 bits per heavy atom. The molecule has 0 radical (unpaired) electrons. The van der Waals surface area contributed by atoms with Gasteiger partial charge in [0.15, 0.2) is 0 Å². The molecule has 5 heteroatoms. The van der Waals surface area contributed by atoms with Gasteiger partial charge in [0.1, 0.15) is 0 Å². The van der Waals surface area contributed by atoms with Crippen LogP contribution in [0.3, 0.4) is 0 Å². The Labute approximate surface area is 131 Å². The molecule has 1 amide bonds. The van der Waals surface area contributed by atoms with Crippen LogP contribution in [0.25, 0.3) is 0 Å². The second kappa shape index (κ2) is 8.39. The number of aryl methyl sites for hydroxylation is 1. The molecule has 21 heavy (non-hydrogen) atoms. The molecule has 0 saturated heterocycles. The predicted octanol–water partition coefficient (Wildman–Crippen LogP) is 2.24. The van der Waals surface area contributed by atoms with Gasteiger partial charge in [-0.3, -0.25) is 9.78 Å². The van der Waals surface area contributed by atoms with E-state index < -0.39 is 0 Å². The highest BCUT2D eigenvalue weighted by molar-refractivity contribution is 5.94. The van der Waals surface area contributed by atoms with Gasteiger partial charge in [0.05, 0.1) is 5.69 Å². The van der Waals surface area contributed by atoms with Crippen molar-refractivity contribution in [3.63, 3.8) is 0 Å². The molecule has 0 aliphatic rings. The molecule has 0 unspecified atom stereocenters. The third-order valence-corrected chi connectivity index (χ3v) is 3.23. The summed E-state index contributed by atoms with van der Waals surface area (Å²) in [6, 6.07) is 11.6. The summed E-state index contributed by atoms with van der Waals surface area (Å²) in [6.45, 7) is 3.03. The van der Waals surface area contributed by atoms with E-state index in [1.165, 1.54) is 11.1 Å². The first-order chi connectivity index (χ1) is 9.70. The molecule has 1 aromatic carbocycles. The van der Waals surface area contributed by atoms with Crippen LogP contribution in [0, 0.1) is 6.92 Å². The topological polar surface area (TPSA) is 68.0 Å². The lowest BCUT2D eigenvalue weighted by molar-refractivity contribution is 0.0954. The van der Waals surface area contributed by atoms with Crippen molar-refractivity contribution in [2.75, 3.05) is 6.54 Å². The maximum absolute atomic E-state index is 12.0. The maximum atomic E-state index is 12.0. The molecule has 2 aromatic rings. The van der Waals surface area contributed by atoms with Crippen LogP contribution in [0.5, 0.6) is 0 Å². The van der Waals surface area contributed by atoms with E-state index in [0.29, 0.717) is 18.7 Å². The number of nitrogens with one attached hydrogen (secondary N) is 1. The van der Waals surface area contributed by atoms with Gasteiger partial charge in [-0.25, -0.2) is 0 Å². The number of halogens is 1. The van der Waals surface area contributed by atoms with Crippen LogP contribution < -0.4 is 11.1 Å². The van der Waals surface area contributed by atoms with Gasteiger partial charge >= 0.3 is 0 Å². The fourth-order valence-corrected chi connectivity index (χ4v) is 2.03. The smallest absolute Gasteiger partial charge is 0.251 e. The number of pyridine rings is 1. The molecule has 4 nitrogen and oxygen atoms in total. The number of hydrogen-bond donors (Lipinski definition) is 2. The van der Waals surface area contributed by atoms with E-state index in [-0.39, 0.29) is 18.3 Å². The molecule has 2 rings (SSSR count). The van der Waals surface area contributed by atoms with Crippen molar-refractivity contribution < 1.29 is 4.79 Å². The molecule has 0 aliphatic heterocycles. The number of hydrogen-bond acceptors (Lipinski definition) is 3. The molecule has 0 aliphatic carbocycles. The van der Waals surface area contributed by atoms with Gasteiger partial charge in [-0.05, 0) is 36.6 Å². The number of nitrogens with zero attached hydrogens (tertiary/aromatic N) is 1. The maximum Gasteiger partial charge on any atom is 0.251 e. The molecule has 0 saturated carbocycles. The molecule has 1 heterocycles. The lowest BCUT2D eigenvalue weighted by Crippen LogP contribution is -2.26. The summed E-state index contributed by atoms with van der Waals surface area (Å²) in [7, 11) is 0. The first-order valence-electron chi connectivity index (χ1n) is 6.68. The van der Waals surface area contributed by atoms with Crippen molar-refractivity contribution in [1.82, 2.24) is 10.3 Å². The van der Waals surface area contributed by atoms with Gasteiger partial charge < -0.3 is 11.1 Å². The fraction of sp³-hybridized carbons (Fsp3) is 0.250. The third-order valence-electron chi connectivity index (χ3n) is 3.23. The van der Waals surface area contributed by atoms with Crippen molar-refractivity contribution in [1.29, 1.82) is 0 Å². The summed E-state index contributed by atoms with van der Waals surface area (Å²) < 4.78 is 0. The first kappa shape index (κ1) is 17.1. The second-order valence-corrected chi connectivity index (χ2v) is 4.67. The second-order valence-electron chi connectivity index (χ2n) is 4.67. The minimum Gasteiger partial charge on any atom is -0.352 e. The van der Waals surface area contributed by atoms with Crippen LogP contribution in [-0.2, 0) is 13.0 Å². The SMILES string of the molecule is Cc1ccccc1CCNC(=O)c1ccnc(CN)c1.Cl. The Morgan fingerprint density at radius 1 is 1.29 bits per heavy atom. The normalized spacial score (nSPS) is 9.81. The number of carbonyl (C=O) groups is 1. The minimum absolute atomic E-state index is 0. The van der Waals surface area contributed by atoms with Gasteiger partial charge in [0.2, 0.25) is 0 Å². The van der Waals surface area contributed by atoms with E-state index in [1.54, 1.807) is 18.3 Å². The van der Waals surface area contributed by atoms with Crippen molar-refractivity contribution in [2.45, 2.75) is 19.9 Å². The monoisotopic (exact) mass is 305 g/mol. The Morgan fingerprint density at radius 3 is 2.76 bits per heavy atom. The van der Waals surface area contributed by atoms with Crippen molar-refractivity contribution in [2.24, 2.45) is 5.73 Å². The van der Waals surface area contributed by atoms with Crippen LogP contribution >= 0.6 is 12.4 Å². The van der Waals surface area contributed by atoms with E-state index in [4.69, 9.17) is 5.73 Å². The molecule has 1 aromatic heterocycles. The number of amides is 1. The molecule has 0 bridgehead atoms. The molecule has 112 valence electrons. The van der Waals surface area contributed by atoms with E-state index in [1.807, 2.05) is 12.1 Å². The zero-order valence-electron chi connectivity index (χ0n) is 12.0. The van der Waals surface area contributed by atoms with Crippen LogP contribution in [0.1, 0.15) is 27.2 Å². The lowest BCUT2D eigenvalue weighted by Gasteiger charge is -2.08. The summed E-state index contributed by atoms with van der Waals surface area (Å²) in [5.41, 5.74) is 9.34. The summed E-state index contributed by atoms with van der Waals surface area (Å²) in [4.78, 5) is 16.1. The van der Waals surface area contributed by atoms with Crippen LogP contribution in [0.2, 0.25) is 0 Å². The quantitative estimate of drug-likeness (QED) is 0.890. The van der Waals surface area contributed by atoms with Gasteiger partial charge in [-0.15, -0.1) is 12.4 Å². The van der Waals surface area contributed by atoms with Gasteiger partial charge in [-0.2, -0.15) is 0 Å². The molecule has 0 fully saturated rings. The molecular formula is C16H20ClN3O. The van der Waals surface area contributed by atoms with E-state index in [0.717, 1.165) is 12.1 Å². The number of carbonyl (C=O) groups excluding carboxylic acids is 1. The Hall–Kier alpha value is -1.91. The Balaban J connectivity index is 0.00000220. The average molecular weight is 306 g/mol. The molecule has 0 spiro atoms. The van der Waals surface area contributed by atoms with E-state index in [9.17, 15) is 4.79 Å². The minimum atomic E-state index is -0.0873. The highest BCUT2D eigenvalue weighted by atomic mass is 35.5. The van der Waals surface area contributed by atoms with Crippen molar-refractivity contribution in [3.8, 4) is 0 Å². The van der Waals surface area contributed by atoms with Crippen LogP contribution in [0.15, 0.2) is 42.6 Å². The number of benzene rings is 1. The van der Waals surface area contributed by atoms with Crippen LogP contribution in [-0.4, -0.2) is 17.4 Å². The molecular weight excluding hydrogens is 286 g/mol. The average Bonchev–Trinajstić information content (AvgIpc) is 2.49. The van der Waals surface area contributed by atoms with Crippen molar-refractivity contribution in [3.05, 3.63) is 65.0 Å². The zero-order valence-corrected chi connectivity index (χ0v) is 12.8. The molecule has 3 N–H and O–H groups in total. The highest BCUT2D eigenvalue weighted by Crippen LogP contribution is 2.07. The van der Waals surface area contributed by atoms with E-state index >= 15 is 0 Å². The largest absolute Gasteiger partial charge is 0.352 e. The summed E-state index contributed by atoms with van der Waals surface area (Å²) in [5, 5.41) is 2.92. The summed E-state index contributed by atoms with van der Waals surface area (Å²) in [5.74, 6) is -0.0873.